The van der Waals surface area contributed by atoms with E-state index < -0.39 is 0 Å². The maximum absolute atomic E-state index is 12.1. The lowest BCUT2D eigenvalue weighted by atomic mass is 10.3. The van der Waals surface area contributed by atoms with Crippen molar-refractivity contribution in [3.8, 4) is 0 Å². The Morgan fingerprint density at radius 1 is 1.24 bits per heavy atom. The van der Waals surface area contributed by atoms with Gasteiger partial charge in [0.2, 0.25) is 0 Å². The van der Waals surface area contributed by atoms with Gasteiger partial charge in [0, 0.05) is 0 Å². The molecule has 3 aromatic rings. The zero-order valence-electron chi connectivity index (χ0n) is 14.1. The van der Waals surface area contributed by atoms with Crippen LogP contribution in [0, 0.1) is 0 Å². The molecule has 0 aliphatic rings. The van der Waals surface area contributed by atoms with E-state index in [1.54, 1.807) is 30.5 Å². The van der Waals surface area contributed by atoms with E-state index in [-0.39, 0.29) is 36.8 Å². The normalized spacial score (nSPS) is 11.0. The Morgan fingerprint density at radius 2 is 2.04 bits per heavy atom. The standard InChI is InChI=1S/C18H19N3O4/c1-12(2)25-17(22)11-21-14-7-4-3-6-13(14)20-16(21)10-19-18(23)15-8-5-9-24-15/h3-9,12H,10-11H2,1-2H3,(H,19,23). The number of rotatable bonds is 6. The molecule has 25 heavy (non-hydrogen) atoms. The van der Waals surface area contributed by atoms with Gasteiger partial charge in [-0.2, -0.15) is 0 Å². The third-order valence-corrected chi connectivity index (χ3v) is 3.54. The summed E-state index contributed by atoms with van der Waals surface area (Å²) in [5.41, 5.74) is 1.56. The third kappa shape index (κ3) is 3.88. The minimum absolute atomic E-state index is 0.0324. The van der Waals surface area contributed by atoms with Crippen LogP contribution in [0.2, 0.25) is 0 Å². The van der Waals surface area contributed by atoms with Crippen molar-refractivity contribution in [3.63, 3.8) is 0 Å². The molecule has 2 aromatic heterocycles. The molecule has 7 heteroatoms. The number of amides is 1. The molecule has 0 aliphatic heterocycles. The van der Waals surface area contributed by atoms with Gasteiger partial charge in [0.05, 0.1) is 29.9 Å². The number of ether oxygens (including phenoxy) is 1. The number of nitrogens with zero attached hydrogens (tertiary/aromatic N) is 2. The molecule has 0 spiro atoms. The molecule has 0 radical (unpaired) electrons. The summed E-state index contributed by atoms with van der Waals surface area (Å²) in [6.07, 6.45) is 1.25. The molecule has 0 saturated carbocycles. The van der Waals surface area contributed by atoms with E-state index in [0.717, 1.165) is 11.0 Å². The van der Waals surface area contributed by atoms with E-state index >= 15 is 0 Å². The van der Waals surface area contributed by atoms with E-state index in [4.69, 9.17) is 9.15 Å². The molecule has 1 aromatic carbocycles. The van der Waals surface area contributed by atoms with Gasteiger partial charge in [0.25, 0.3) is 5.91 Å². The summed E-state index contributed by atoms with van der Waals surface area (Å²) >= 11 is 0. The van der Waals surface area contributed by atoms with E-state index in [9.17, 15) is 9.59 Å². The number of fused-ring (bicyclic) bond motifs is 1. The highest BCUT2D eigenvalue weighted by molar-refractivity contribution is 5.91. The molecule has 0 bridgehead atoms. The van der Waals surface area contributed by atoms with Gasteiger partial charge in [-0.3, -0.25) is 9.59 Å². The second-order valence-corrected chi connectivity index (χ2v) is 5.80. The van der Waals surface area contributed by atoms with Crippen LogP contribution in [-0.4, -0.2) is 27.5 Å². The zero-order chi connectivity index (χ0) is 17.8. The summed E-state index contributed by atoms with van der Waals surface area (Å²) in [5, 5.41) is 2.75. The number of hydrogen-bond acceptors (Lipinski definition) is 5. The van der Waals surface area contributed by atoms with Gasteiger partial charge in [-0.15, -0.1) is 0 Å². The van der Waals surface area contributed by atoms with E-state index in [1.165, 1.54) is 6.26 Å². The van der Waals surface area contributed by atoms with Crippen molar-refractivity contribution < 1.29 is 18.7 Å². The van der Waals surface area contributed by atoms with Crippen molar-refractivity contribution in [2.24, 2.45) is 0 Å². The summed E-state index contributed by atoms with van der Waals surface area (Å²) in [6, 6.07) is 10.7. The largest absolute Gasteiger partial charge is 0.462 e. The van der Waals surface area contributed by atoms with Crippen LogP contribution >= 0.6 is 0 Å². The fourth-order valence-electron chi connectivity index (χ4n) is 2.52. The fourth-order valence-corrected chi connectivity index (χ4v) is 2.52. The molecule has 0 unspecified atom stereocenters. The van der Waals surface area contributed by atoms with Gasteiger partial charge in [0.15, 0.2) is 5.76 Å². The first-order valence-electron chi connectivity index (χ1n) is 8.00. The molecule has 0 fully saturated rings. The molecular weight excluding hydrogens is 322 g/mol. The van der Waals surface area contributed by atoms with Crippen LogP contribution in [-0.2, 0) is 22.6 Å². The van der Waals surface area contributed by atoms with Gasteiger partial charge in [-0.1, -0.05) is 12.1 Å². The SMILES string of the molecule is CC(C)OC(=O)Cn1c(CNC(=O)c2ccco2)nc2ccccc21. The van der Waals surface area contributed by atoms with Crippen LogP contribution in [0.1, 0.15) is 30.2 Å². The Labute approximate surface area is 144 Å². The monoisotopic (exact) mass is 341 g/mol. The quantitative estimate of drug-likeness (QED) is 0.696. The number of para-hydroxylation sites is 2. The molecule has 1 N–H and O–H groups in total. The number of aromatic nitrogens is 2. The number of benzene rings is 1. The first-order chi connectivity index (χ1) is 12.0. The van der Waals surface area contributed by atoms with E-state index in [0.29, 0.717) is 5.82 Å². The predicted octanol–water partition coefficient (Wildman–Crippen LogP) is 2.51. The first kappa shape index (κ1) is 16.8. The van der Waals surface area contributed by atoms with Gasteiger partial charge in [-0.05, 0) is 38.1 Å². The van der Waals surface area contributed by atoms with Gasteiger partial charge in [-0.25, -0.2) is 4.98 Å². The number of hydrogen-bond donors (Lipinski definition) is 1. The van der Waals surface area contributed by atoms with Crippen LogP contribution in [0.5, 0.6) is 0 Å². The maximum Gasteiger partial charge on any atom is 0.326 e. The summed E-state index contributed by atoms with van der Waals surface area (Å²) in [6.45, 7) is 3.80. The number of esters is 1. The highest BCUT2D eigenvalue weighted by Crippen LogP contribution is 2.16. The van der Waals surface area contributed by atoms with Crippen LogP contribution in [0.15, 0.2) is 47.1 Å². The minimum Gasteiger partial charge on any atom is -0.462 e. The molecule has 3 rings (SSSR count). The summed E-state index contributed by atoms with van der Waals surface area (Å²) in [5.74, 6) is 0.105. The Balaban J connectivity index is 1.82. The van der Waals surface area contributed by atoms with Crippen LogP contribution in [0.4, 0.5) is 0 Å². The summed E-state index contributed by atoms with van der Waals surface area (Å²) in [4.78, 5) is 28.6. The Hall–Kier alpha value is -3.09. The lowest BCUT2D eigenvalue weighted by Crippen LogP contribution is -2.26. The lowest BCUT2D eigenvalue weighted by Gasteiger charge is -2.11. The minimum atomic E-state index is -0.350. The van der Waals surface area contributed by atoms with Crippen LogP contribution in [0.3, 0.4) is 0 Å². The summed E-state index contributed by atoms with van der Waals surface area (Å²) in [7, 11) is 0. The average molecular weight is 341 g/mol. The molecule has 0 aliphatic carbocycles. The number of nitrogens with one attached hydrogen (secondary N) is 1. The van der Waals surface area contributed by atoms with E-state index in [2.05, 4.69) is 10.3 Å². The third-order valence-electron chi connectivity index (χ3n) is 3.54. The Morgan fingerprint density at radius 3 is 2.76 bits per heavy atom. The van der Waals surface area contributed by atoms with Crippen LogP contribution < -0.4 is 5.32 Å². The number of imidazole rings is 1. The molecule has 1 amide bonds. The van der Waals surface area contributed by atoms with Crippen LogP contribution in [0.25, 0.3) is 11.0 Å². The Bertz CT molecular complexity index is 881. The van der Waals surface area contributed by atoms with Crippen molar-refractivity contribution in [2.45, 2.75) is 33.0 Å². The van der Waals surface area contributed by atoms with E-state index in [1.807, 2.05) is 24.3 Å². The predicted molar refractivity (Wildman–Crippen MR) is 90.8 cm³/mol. The van der Waals surface area contributed by atoms with Crippen molar-refractivity contribution in [2.75, 3.05) is 0 Å². The molecule has 7 nitrogen and oxygen atoms in total. The molecule has 2 heterocycles. The first-order valence-corrected chi connectivity index (χ1v) is 8.00. The number of furan rings is 1. The van der Waals surface area contributed by atoms with Crippen molar-refractivity contribution in [1.29, 1.82) is 0 Å². The lowest BCUT2D eigenvalue weighted by molar-refractivity contribution is -0.148. The van der Waals surface area contributed by atoms with Crippen molar-refractivity contribution in [3.05, 3.63) is 54.2 Å². The second-order valence-electron chi connectivity index (χ2n) is 5.80. The summed E-state index contributed by atoms with van der Waals surface area (Å²) < 4.78 is 12.0. The van der Waals surface area contributed by atoms with Crippen molar-refractivity contribution >= 4 is 22.9 Å². The smallest absolute Gasteiger partial charge is 0.326 e. The molecule has 0 atom stereocenters. The van der Waals surface area contributed by atoms with Gasteiger partial charge in [0.1, 0.15) is 12.4 Å². The van der Waals surface area contributed by atoms with Gasteiger partial charge < -0.3 is 19.0 Å². The highest BCUT2D eigenvalue weighted by atomic mass is 16.5. The zero-order valence-corrected chi connectivity index (χ0v) is 14.1. The average Bonchev–Trinajstić information content (AvgIpc) is 3.21. The second kappa shape index (κ2) is 7.21. The van der Waals surface area contributed by atoms with Gasteiger partial charge >= 0.3 is 5.97 Å². The molecule has 130 valence electrons. The Kier molecular flexibility index (Phi) is 4.83. The fraction of sp³-hybridized carbons (Fsp3) is 0.278. The van der Waals surface area contributed by atoms with Crippen molar-refractivity contribution in [1.82, 2.24) is 14.9 Å². The molecular formula is C18H19N3O4. The number of carbonyl (C=O) groups is 2. The topological polar surface area (TPSA) is 86.4 Å². The maximum atomic E-state index is 12.1. The number of carbonyl (C=O) groups excluding carboxylic acids is 2. The molecule has 0 saturated heterocycles. The highest BCUT2D eigenvalue weighted by Gasteiger charge is 2.16.